The number of hydrogen-bond donors (Lipinski definition) is 1. The topological polar surface area (TPSA) is 29.1 Å². The summed E-state index contributed by atoms with van der Waals surface area (Å²) < 4.78 is 0. The minimum atomic E-state index is 0.567. The van der Waals surface area contributed by atoms with Crippen LogP contribution in [0.25, 0.3) is 0 Å². The number of nitrogens with one attached hydrogen (secondary N) is 1. The number of aryl methyl sites for hydroxylation is 1. The van der Waals surface area contributed by atoms with Gasteiger partial charge >= 0.3 is 6.41 Å². The fraction of sp³-hybridized carbons (Fsp3) is 0.417. The molecule has 0 aliphatic carbocycles. The minimum absolute atomic E-state index is 0.567. The number of rotatable bonds is 6. The fourth-order valence-corrected chi connectivity index (χ4v) is 1.34. The molecule has 0 bridgehead atoms. The maximum Gasteiger partial charge on any atom is 0.309 e. The molecule has 2 nitrogen and oxygen atoms in total. The molecule has 0 atom stereocenters. The van der Waals surface area contributed by atoms with Gasteiger partial charge in [-0.15, -0.1) is 0 Å². The highest BCUT2D eigenvalue weighted by atomic mass is 16.1. The molecule has 0 aromatic heterocycles. The second-order valence-corrected chi connectivity index (χ2v) is 3.38. The van der Waals surface area contributed by atoms with Crippen molar-refractivity contribution in [3.05, 3.63) is 35.4 Å². The number of amides is 1. The Morgan fingerprint density at radius 1 is 1.21 bits per heavy atom. The first-order valence-electron chi connectivity index (χ1n) is 5.04. The third-order valence-electron chi connectivity index (χ3n) is 2.21. The monoisotopic (exact) mass is 190 g/mol. The standard InChI is InChI=1S/C12H16NO/c1-2-3-4-11-5-7-12(8-6-11)9-13-10-14/h5-8H,2-4,9H2,1H3,(H,13,14). The van der Waals surface area contributed by atoms with Crippen molar-refractivity contribution in [2.75, 3.05) is 0 Å². The second-order valence-electron chi connectivity index (χ2n) is 3.38. The van der Waals surface area contributed by atoms with Crippen LogP contribution in [0.5, 0.6) is 0 Å². The normalized spacial score (nSPS) is 9.79. The molecule has 75 valence electrons. The fourth-order valence-electron chi connectivity index (χ4n) is 1.34. The quantitative estimate of drug-likeness (QED) is 0.684. The molecule has 1 rings (SSSR count). The third-order valence-corrected chi connectivity index (χ3v) is 2.21. The predicted molar refractivity (Wildman–Crippen MR) is 57.6 cm³/mol. The SMILES string of the molecule is CCCCc1ccc(CN[C]=O)cc1. The summed E-state index contributed by atoms with van der Waals surface area (Å²) >= 11 is 0. The van der Waals surface area contributed by atoms with Crippen molar-refractivity contribution < 1.29 is 4.79 Å². The summed E-state index contributed by atoms with van der Waals surface area (Å²) in [5.74, 6) is 0. The Morgan fingerprint density at radius 2 is 1.86 bits per heavy atom. The van der Waals surface area contributed by atoms with Crippen LogP contribution in [0.4, 0.5) is 0 Å². The summed E-state index contributed by atoms with van der Waals surface area (Å²) in [6.07, 6.45) is 5.27. The average Bonchev–Trinajstić information content (AvgIpc) is 2.25. The molecule has 2 heteroatoms. The molecule has 0 unspecified atom stereocenters. The maximum absolute atomic E-state index is 9.95. The Labute approximate surface area is 85.3 Å². The van der Waals surface area contributed by atoms with E-state index in [0.29, 0.717) is 6.54 Å². The number of hydrogen-bond acceptors (Lipinski definition) is 1. The molecule has 0 fully saturated rings. The van der Waals surface area contributed by atoms with Crippen LogP contribution in [0.3, 0.4) is 0 Å². The minimum Gasteiger partial charge on any atom is -0.344 e. The van der Waals surface area contributed by atoms with Crippen molar-refractivity contribution in [1.82, 2.24) is 5.32 Å². The van der Waals surface area contributed by atoms with E-state index in [-0.39, 0.29) is 0 Å². The van der Waals surface area contributed by atoms with E-state index >= 15 is 0 Å². The first kappa shape index (κ1) is 10.8. The van der Waals surface area contributed by atoms with Gasteiger partial charge in [-0.2, -0.15) is 0 Å². The van der Waals surface area contributed by atoms with Crippen LogP contribution in [-0.4, -0.2) is 6.41 Å². The predicted octanol–water partition coefficient (Wildman–Crippen LogP) is 2.19. The first-order valence-corrected chi connectivity index (χ1v) is 5.04. The van der Waals surface area contributed by atoms with Gasteiger partial charge in [0.15, 0.2) is 0 Å². The number of benzene rings is 1. The molecule has 0 heterocycles. The first-order chi connectivity index (χ1) is 6.86. The van der Waals surface area contributed by atoms with E-state index in [4.69, 9.17) is 0 Å². The van der Waals surface area contributed by atoms with Gasteiger partial charge in [-0.3, -0.25) is 4.79 Å². The van der Waals surface area contributed by atoms with E-state index in [1.807, 2.05) is 0 Å². The Morgan fingerprint density at radius 3 is 2.43 bits per heavy atom. The molecule has 1 radical (unpaired) electrons. The van der Waals surface area contributed by atoms with Crippen molar-refractivity contribution in [1.29, 1.82) is 0 Å². The van der Waals surface area contributed by atoms with Crippen molar-refractivity contribution >= 4 is 6.41 Å². The lowest BCUT2D eigenvalue weighted by molar-refractivity contribution is 0.542. The summed E-state index contributed by atoms with van der Waals surface area (Å²) in [5, 5.41) is 2.52. The molecule has 1 N–H and O–H groups in total. The van der Waals surface area contributed by atoms with Gasteiger partial charge in [0.25, 0.3) is 0 Å². The van der Waals surface area contributed by atoms with E-state index < -0.39 is 0 Å². The van der Waals surface area contributed by atoms with E-state index in [1.54, 1.807) is 6.41 Å². The average molecular weight is 190 g/mol. The Hall–Kier alpha value is -1.31. The van der Waals surface area contributed by atoms with E-state index in [1.165, 1.54) is 18.4 Å². The molecule has 14 heavy (non-hydrogen) atoms. The molecule has 0 spiro atoms. The van der Waals surface area contributed by atoms with Crippen LogP contribution < -0.4 is 5.32 Å². The van der Waals surface area contributed by atoms with Crippen molar-refractivity contribution in [2.24, 2.45) is 0 Å². The van der Waals surface area contributed by atoms with Gasteiger partial charge in [0.2, 0.25) is 0 Å². The highest BCUT2D eigenvalue weighted by Gasteiger charge is 1.94. The van der Waals surface area contributed by atoms with Crippen LogP contribution in [0.2, 0.25) is 0 Å². The van der Waals surface area contributed by atoms with Crippen LogP contribution in [0, 0.1) is 0 Å². The lowest BCUT2D eigenvalue weighted by atomic mass is 10.1. The van der Waals surface area contributed by atoms with Gasteiger partial charge in [0.05, 0.1) is 0 Å². The number of unbranched alkanes of at least 4 members (excludes halogenated alkanes) is 1. The molecule has 1 aromatic carbocycles. The van der Waals surface area contributed by atoms with Gasteiger partial charge in [0, 0.05) is 6.54 Å². The highest BCUT2D eigenvalue weighted by Crippen LogP contribution is 2.07. The molecule has 1 amide bonds. The van der Waals surface area contributed by atoms with Crippen molar-refractivity contribution in [3.8, 4) is 0 Å². The molecule has 0 aliphatic heterocycles. The maximum atomic E-state index is 9.95. The molecular weight excluding hydrogens is 174 g/mol. The van der Waals surface area contributed by atoms with Gasteiger partial charge in [-0.25, -0.2) is 0 Å². The lowest BCUT2D eigenvalue weighted by Crippen LogP contribution is -2.09. The largest absolute Gasteiger partial charge is 0.344 e. The van der Waals surface area contributed by atoms with Crippen LogP contribution >= 0.6 is 0 Å². The zero-order chi connectivity index (χ0) is 10.2. The lowest BCUT2D eigenvalue weighted by Gasteiger charge is -2.02. The Kier molecular flexibility index (Phi) is 4.76. The van der Waals surface area contributed by atoms with Gasteiger partial charge < -0.3 is 5.32 Å². The number of carbonyl (C=O) groups excluding carboxylic acids is 1. The second kappa shape index (κ2) is 6.19. The summed E-state index contributed by atoms with van der Waals surface area (Å²) in [4.78, 5) is 9.95. The Bertz CT molecular complexity index is 266. The van der Waals surface area contributed by atoms with Crippen LogP contribution in [0.1, 0.15) is 30.9 Å². The van der Waals surface area contributed by atoms with E-state index in [9.17, 15) is 4.79 Å². The molecule has 0 aliphatic rings. The van der Waals surface area contributed by atoms with Gasteiger partial charge in [-0.1, -0.05) is 37.6 Å². The van der Waals surface area contributed by atoms with Gasteiger partial charge in [-0.05, 0) is 24.0 Å². The third kappa shape index (κ3) is 3.60. The molecule has 1 aromatic rings. The van der Waals surface area contributed by atoms with Crippen LogP contribution in [-0.2, 0) is 17.8 Å². The smallest absolute Gasteiger partial charge is 0.309 e. The molecule has 0 saturated heterocycles. The summed E-state index contributed by atoms with van der Waals surface area (Å²) in [5.41, 5.74) is 2.49. The molecular formula is C12H16NO. The zero-order valence-electron chi connectivity index (χ0n) is 8.55. The summed E-state index contributed by atoms with van der Waals surface area (Å²) in [6, 6.07) is 8.35. The van der Waals surface area contributed by atoms with Crippen LogP contribution in [0.15, 0.2) is 24.3 Å². The summed E-state index contributed by atoms with van der Waals surface area (Å²) in [6.45, 7) is 2.76. The Balaban J connectivity index is 2.46. The van der Waals surface area contributed by atoms with Gasteiger partial charge in [0.1, 0.15) is 0 Å². The van der Waals surface area contributed by atoms with E-state index in [2.05, 4.69) is 36.5 Å². The van der Waals surface area contributed by atoms with E-state index in [0.717, 1.165) is 12.0 Å². The summed E-state index contributed by atoms with van der Waals surface area (Å²) in [7, 11) is 0. The van der Waals surface area contributed by atoms with Crippen molar-refractivity contribution in [2.45, 2.75) is 32.7 Å². The highest BCUT2D eigenvalue weighted by molar-refractivity contribution is 5.47. The van der Waals surface area contributed by atoms with Crippen molar-refractivity contribution in [3.63, 3.8) is 0 Å². The zero-order valence-corrected chi connectivity index (χ0v) is 8.55. The molecule has 0 saturated carbocycles.